The number of nitrogens with zero attached hydrogens (tertiary/aromatic N) is 2. The number of aromatic amines is 1. The Labute approximate surface area is 176 Å². The number of hydrogen-bond donors (Lipinski definition) is 2. The molecule has 9 heteroatoms. The summed E-state index contributed by atoms with van der Waals surface area (Å²) in [7, 11) is 3.06. The predicted molar refractivity (Wildman–Crippen MR) is 113 cm³/mol. The molecule has 30 heavy (non-hydrogen) atoms. The van der Waals surface area contributed by atoms with Crippen molar-refractivity contribution in [3.05, 3.63) is 45.9 Å². The first kappa shape index (κ1) is 20.0. The van der Waals surface area contributed by atoms with Gasteiger partial charge < -0.3 is 19.6 Å². The van der Waals surface area contributed by atoms with Crippen molar-refractivity contribution < 1.29 is 24.2 Å². The molecule has 1 atom stereocenters. The molecule has 1 unspecified atom stereocenters. The Morgan fingerprint density at radius 3 is 2.57 bits per heavy atom. The molecule has 156 valence electrons. The number of aliphatic hydroxyl groups excluding tert-OH is 1. The van der Waals surface area contributed by atoms with Crippen LogP contribution in [0.5, 0.6) is 11.5 Å². The lowest BCUT2D eigenvalue weighted by molar-refractivity contribution is -0.119. The Morgan fingerprint density at radius 2 is 1.97 bits per heavy atom. The van der Waals surface area contributed by atoms with Crippen LogP contribution in [0.4, 0.5) is 5.95 Å². The van der Waals surface area contributed by atoms with Crippen LogP contribution in [0.2, 0.25) is 0 Å². The summed E-state index contributed by atoms with van der Waals surface area (Å²) < 4.78 is 10.6. The van der Waals surface area contributed by atoms with Gasteiger partial charge in [0.05, 0.1) is 30.8 Å². The summed E-state index contributed by atoms with van der Waals surface area (Å²) in [6.07, 6.45) is 0. The number of methoxy groups -OCH3 is 2. The van der Waals surface area contributed by atoms with Gasteiger partial charge >= 0.3 is 0 Å². The molecule has 4 rings (SSSR count). The largest absolute Gasteiger partial charge is 0.503 e. The molecule has 2 N–H and O–H groups in total. The van der Waals surface area contributed by atoms with Crippen molar-refractivity contribution in [2.24, 2.45) is 5.92 Å². The van der Waals surface area contributed by atoms with Crippen LogP contribution in [0.25, 0.3) is 11.0 Å². The number of carbonyl (C=O) groups is 2. The lowest BCUT2D eigenvalue weighted by Gasteiger charge is -2.23. The van der Waals surface area contributed by atoms with Gasteiger partial charge in [-0.05, 0) is 11.4 Å². The summed E-state index contributed by atoms with van der Waals surface area (Å²) in [4.78, 5) is 35.6. The normalized spacial score (nSPS) is 16.8. The standard InChI is InChI=1S/C21H21N3O5S/c1-10(2)18(25)16-17(15-6-5-7-30-15)24(20(27)19(16)26)21-22-11-8-13(28-3)14(29-4)9-12(11)23-21/h5-10,17,26H,1-4H3,(H,22,23). The quantitative estimate of drug-likeness (QED) is 0.621. The van der Waals surface area contributed by atoms with E-state index in [0.717, 1.165) is 4.88 Å². The molecule has 1 amide bonds. The maximum Gasteiger partial charge on any atom is 0.296 e. The highest BCUT2D eigenvalue weighted by molar-refractivity contribution is 7.10. The first-order chi connectivity index (χ1) is 14.4. The molecule has 1 aliphatic rings. The Bertz CT molecular complexity index is 1120. The number of imidazole rings is 1. The number of carbonyl (C=O) groups excluding carboxylic acids is 2. The van der Waals surface area contributed by atoms with Crippen LogP contribution in [0.15, 0.2) is 41.0 Å². The van der Waals surface area contributed by atoms with E-state index in [1.54, 1.807) is 26.0 Å². The number of anilines is 1. The zero-order chi connectivity index (χ0) is 21.6. The van der Waals surface area contributed by atoms with Crippen LogP contribution in [0.3, 0.4) is 0 Å². The van der Waals surface area contributed by atoms with Crippen LogP contribution in [-0.4, -0.2) is 41.0 Å². The van der Waals surface area contributed by atoms with E-state index < -0.39 is 17.7 Å². The number of Topliss-reactive ketones (excluding diaryl/α,β-unsaturated/α-hetero) is 1. The number of aromatic nitrogens is 2. The van der Waals surface area contributed by atoms with E-state index in [4.69, 9.17) is 9.47 Å². The van der Waals surface area contributed by atoms with Crippen molar-refractivity contribution in [1.29, 1.82) is 0 Å². The van der Waals surface area contributed by atoms with Crippen LogP contribution < -0.4 is 14.4 Å². The van der Waals surface area contributed by atoms with Gasteiger partial charge in [-0.25, -0.2) is 4.98 Å². The number of thiophene rings is 1. The van der Waals surface area contributed by atoms with Crippen LogP contribution >= 0.6 is 11.3 Å². The smallest absolute Gasteiger partial charge is 0.296 e. The number of amides is 1. The van der Waals surface area contributed by atoms with E-state index in [0.29, 0.717) is 22.5 Å². The second-order valence-corrected chi connectivity index (χ2v) is 8.14. The molecular formula is C21H21N3O5S. The number of nitrogens with one attached hydrogen (secondary N) is 1. The van der Waals surface area contributed by atoms with E-state index in [1.807, 2.05) is 17.5 Å². The zero-order valence-corrected chi connectivity index (χ0v) is 17.7. The van der Waals surface area contributed by atoms with E-state index in [9.17, 15) is 14.7 Å². The van der Waals surface area contributed by atoms with Gasteiger partial charge in [0.15, 0.2) is 23.0 Å². The number of rotatable bonds is 6. The third-order valence-corrected chi connectivity index (χ3v) is 5.94. The molecule has 0 aliphatic carbocycles. The molecule has 1 aliphatic heterocycles. The van der Waals surface area contributed by atoms with Gasteiger partial charge in [-0.15, -0.1) is 11.3 Å². The van der Waals surface area contributed by atoms with E-state index >= 15 is 0 Å². The summed E-state index contributed by atoms with van der Waals surface area (Å²) in [6, 6.07) is 6.33. The number of hydrogen-bond acceptors (Lipinski definition) is 7. The molecule has 0 saturated heterocycles. The summed E-state index contributed by atoms with van der Waals surface area (Å²) in [5.74, 6) is -0.621. The molecule has 0 saturated carbocycles. The average molecular weight is 427 g/mol. The molecule has 3 heterocycles. The third-order valence-electron chi connectivity index (χ3n) is 5.01. The second kappa shape index (κ2) is 7.49. The van der Waals surface area contributed by atoms with Crippen LogP contribution in [0, 0.1) is 5.92 Å². The summed E-state index contributed by atoms with van der Waals surface area (Å²) in [5.41, 5.74) is 1.28. The SMILES string of the molecule is COc1cc2nc(N3C(=O)C(O)=C(C(=O)C(C)C)C3c3cccs3)[nH]c2cc1OC. The van der Waals surface area contributed by atoms with E-state index in [1.165, 1.54) is 30.5 Å². The molecular weight excluding hydrogens is 406 g/mol. The molecule has 2 aromatic heterocycles. The fourth-order valence-corrected chi connectivity index (χ4v) is 4.36. The number of H-pyrrole nitrogens is 1. The van der Waals surface area contributed by atoms with Crippen molar-refractivity contribution in [2.45, 2.75) is 19.9 Å². The zero-order valence-electron chi connectivity index (χ0n) is 16.9. The lowest BCUT2D eigenvalue weighted by atomic mass is 9.95. The van der Waals surface area contributed by atoms with Gasteiger partial charge in [-0.3, -0.25) is 14.5 Å². The number of fused-ring (bicyclic) bond motifs is 1. The number of benzene rings is 1. The summed E-state index contributed by atoms with van der Waals surface area (Å²) in [6.45, 7) is 3.47. The minimum absolute atomic E-state index is 0.0908. The fourth-order valence-electron chi connectivity index (χ4n) is 3.54. The van der Waals surface area contributed by atoms with Gasteiger partial charge in [0.1, 0.15) is 6.04 Å². The van der Waals surface area contributed by atoms with Crippen molar-refractivity contribution in [3.8, 4) is 11.5 Å². The molecule has 1 aromatic carbocycles. The maximum absolute atomic E-state index is 13.0. The van der Waals surface area contributed by atoms with Crippen molar-refractivity contribution in [3.63, 3.8) is 0 Å². The van der Waals surface area contributed by atoms with Crippen molar-refractivity contribution in [2.75, 3.05) is 19.1 Å². The summed E-state index contributed by atoms with van der Waals surface area (Å²) in [5, 5.41) is 12.5. The molecule has 3 aromatic rings. The highest BCUT2D eigenvalue weighted by Crippen LogP contribution is 2.43. The highest BCUT2D eigenvalue weighted by Gasteiger charge is 2.46. The van der Waals surface area contributed by atoms with Gasteiger partial charge in [-0.1, -0.05) is 19.9 Å². The number of aliphatic hydroxyl groups is 1. The Morgan fingerprint density at radius 1 is 1.27 bits per heavy atom. The molecule has 8 nitrogen and oxygen atoms in total. The van der Waals surface area contributed by atoms with Crippen molar-refractivity contribution in [1.82, 2.24) is 9.97 Å². The number of ether oxygens (including phenoxy) is 2. The fraction of sp³-hybridized carbons (Fsp3) is 0.286. The average Bonchev–Trinajstić information content (AvgIpc) is 3.44. The third kappa shape index (κ3) is 3.02. The van der Waals surface area contributed by atoms with Gasteiger partial charge in [0.2, 0.25) is 5.95 Å². The first-order valence-electron chi connectivity index (χ1n) is 9.33. The minimum Gasteiger partial charge on any atom is -0.503 e. The monoisotopic (exact) mass is 427 g/mol. The Kier molecular flexibility index (Phi) is 4.98. The van der Waals surface area contributed by atoms with Crippen LogP contribution in [-0.2, 0) is 9.59 Å². The van der Waals surface area contributed by atoms with E-state index in [-0.39, 0.29) is 23.2 Å². The molecule has 0 fully saturated rings. The number of ketones is 1. The predicted octanol–water partition coefficient (Wildman–Crippen LogP) is 3.77. The second-order valence-electron chi connectivity index (χ2n) is 7.16. The van der Waals surface area contributed by atoms with Gasteiger partial charge in [0, 0.05) is 22.9 Å². The Balaban J connectivity index is 1.87. The molecule has 0 bridgehead atoms. The molecule has 0 spiro atoms. The van der Waals surface area contributed by atoms with Crippen LogP contribution in [0.1, 0.15) is 24.8 Å². The van der Waals surface area contributed by atoms with Gasteiger partial charge in [-0.2, -0.15) is 0 Å². The highest BCUT2D eigenvalue weighted by atomic mass is 32.1. The molecule has 0 radical (unpaired) electrons. The van der Waals surface area contributed by atoms with Gasteiger partial charge in [0.25, 0.3) is 5.91 Å². The Hall–Kier alpha value is -3.33. The lowest BCUT2D eigenvalue weighted by Crippen LogP contribution is -2.31. The maximum atomic E-state index is 13.0. The van der Waals surface area contributed by atoms with E-state index in [2.05, 4.69) is 9.97 Å². The summed E-state index contributed by atoms with van der Waals surface area (Å²) >= 11 is 1.40. The first-order valence-corrected chi connectivity index (χ1v) is 10.2. The topological polar surface area (TPSA) is 105 Å². The minimum atomic E-state index is -0.753. The van der Waals surface area contributed by atoms with Crippen molar-refractivity contribution >= 4 is 40.0 Å².